The van der Waals surface area contributed by atoms with Gasteiger partial charge in [0.05, 0.1) is 0 Å². The Bertz CT molecular complexity index is 228. The molecule has 0 saturated heterocycles. The average molecular weight is 250 g/mol. The first kappa shape index (κ1) is 15.8. The molecule has 0 N–H and O–H groups in total. The van der Waals surface area contributed by atoms with Crippen molar-refractivity contribution in [2.24, 2.45) is 17.8 Å². The molecule has 3 unspecified atom stereocenters. The number of hydrogen-bond donors (Lipinski definition) is 0. The number of hydrogen-bond acceptors (Lipinski definition) is 0. The summed E-state index contributed by atoms with van der Waals surface area (Å²) >= 11 is 0. The maximum Gasteiger partial charge on any atom is -0.0206 e. The molecule has 1 saturated carbocycles. The summed E-state index contributed by atoms with van der Waals surface area (Å²) < 4.78 is 0. The third-order valence-electron chi connectivity index (χ3n) is 5.21. The first-order valence-electron chi connectivity index (χ1n) is 8.32. The van der Waals surface area contributed by atoms with Crippen LogP contribution >= 0.6 is 0 Å². The second-order valence-corrected chi connectivity index (χ2v) is 6.60. The smallest absolute Gasteiger partial charge is 0.0206 e. The summed E-state index contributed by atoms with van der Waals surface area (Å²) in [7, 11) is 0. The van der Waals surface area contributed by atoms with Gasteiger partial charge in [0.2, 0.25) is 0 Å². The number of allylic oxidation sites excluding steroid dienone is 1. The van der Waals surface area contributed by atoms with Crippen molar-refractivity contribution < 1.29 is 0 Å². The summed E-state index contributed by atoms with van der Waals surface area (Å²) in [5, 5.41) is 0. The highest BCUT2D eigenvalue weighted by molar-refractivity contribution is 5.01. The second-order valence-electron chi connectivity index (χ2n) is 6.60. The molecule has 0 amide bonds. The van der Waals surface area contributed by atoms with E-state index in [1.54, 1.807) is 5.57 Å². The van der Waals surface area contributed by atoms with Crippen LogP contribution in [0.25, 0.3) is 0 Å². The molecule has 0 radical (unpaired) electrons. The molecule has 3 atom stereocenters. The Labute approximate surface area is 115 Å². The average Bonchev–Trinajstić information content (AvgIpc) is 2.36. The molecule has 18 heavy (non-hydrogen) atoms. The lowest BCUT2D eigenvalue weighted by Gasteiger charge is -2.24. The van der Waals surface area contributed by atoms with Crippen LogP contribution in [0, 0.1) is 17.8 Å². The van der Waals surface area contributed by atoms with Crippen LogP contribution in [0.2, 0.25) is 0 Å². The topological polar surface area (TPSA) is 0 Å². The van der Waals surface area contributed by atoms with Crippen LogP contribution < -0.4 is 0 Å². The Hall–Kier alpha value is -0.260. The van der Waals surface area contributed by atoms with Crippen molar-refractivity contribution >= 4 is 0 Å². The van der Waals surface area contributed by atoms with Gasteiger partial charge in [0.25, 0.3) is 0 Å². The lowest BCUT2D eigenvalue weighted by atomic mass is 9.82. The van der Waals surface area contributed by atoms with Gasteiger partial charge in [-0.25, -0.2) is 0 Å². The Balaban J connectivity index is 2.25. The molecule has 0 spiro atoms. The van der Waals surface area contributed by atoms with E-state index in [4.69, 9.17) is 0 Å². The molecule has 0 bridgehead atoms. The predicted octanol–water partition coefficient (Wildman–Crippen LogP) is 6.37. The lowest BCUT2D eigenvalue weighted by molar-refractivity contribution is 0.328. The van der Waals surface area contributed by atoms with Gasteiger partial charge in [-0.1, -0.05) is 71.4 Å². The maximum absolute atomic E-state index is 4.35. The van der Waals surface area contributed by atoms with E-state index in [1.807, 2.05) is 0 Å². The van der Waals surface area contributed by atoms with E-state index in [0.717, 1.165) is 17.8 Å². The Morgan fingerprint density at radius 1 is 1.11 bits per heavy atom. The Morgan fingerprint density at radius 2 is 1.83 bits per heavy atom. The van der Waals surface area contributed by atoms with Crippen LogP contribution in [0.3, 0.4) is 0 Å². The highest BCUT2D eigenvalue weighted by atomic mass is 14.2. The van der Waals surface area contributed by atoms with Gasteiger partial charge in [0.1, 0.15) is 0 Å². The van der Waals surface area contributed by atoms with E-state index in [-0.39, 0.29) is 0 Å². The lowest BCUT2D eigenvalue weighted by Crippen LogP contribution is -2.10. The second kappa shape index (κ2) is 8.77. The minimum Gasteiger partial charge on any atom is -0.0996 e. The fraction of sp³-hybridized carbons (Fsp3) is 0.889. The van der Waals surface area contributed by atoms with E-state index in [0.29, 0.717) is 0 Å². The quantitative estimate of drug-likeness (QED) is 0.481. The van der Waals surface area contributed by atoms with E-state index in [1.165, 1.54) is 64.2 Å². The van der Waals surface area contributed by atoms with Gasteiger partial charge in [-0.2, -0.15) is 0 Å². The van der Waals surface area contributed by atoms with Crippen LogP contribution in [0.4, 0.5) is 0 Å². The van der Waals surface area contributed by atoms with Crippen molar-refractivity contribution in [3.63, 3.8) is 0 Å². The Morgan fingerprint density at radius 3 is 2.56 bits per heavy atom. The van der Waals surface area contributed by atoms with Crippen LogP contribution in [0.15, 0.2) is 12.2 Å². The van der Waals surface area contributed by atoms with Crippen molar-refractivity contribution in [3.05, 3.63) is 12.2 Å². The SMILES string of the molecule is C=C1CCCCCCC1CCCC(C)C(C)CC. The summed E-state index contributed by atoms with van der Waals surface area (Å²) in [4.78, 5) is 0. The third-order valence-corrected chi connectivity index (χ3v) is 5.21. The minimum absolute atomic E-state index is 0.842. The van der Waals surface area contributed by atoms with Crippen LogP contribution in [-0.2, 0) is 0 Å². The summed E-state index contributed by atoms with van der Waals surface area (Å²) in [6, 6.07) is 0. The molecule has 1 rings (SSSR count). The molecule has 0 aromatic carbocycles. The van der Waals surface area contributed by atoms with Crippen LogP contribution in [0.5, 0.6) is 0 Å². The Kier molecular flexibility index (Phi) is 7.70. The molecule has 0 aromatic rings. The molecule has 0 aliphatic heterocycles. The number of rotatable bonds is 6. The minimum atomic E-state index is 0.842. The first-order chi connectivity index (χ1) is 8.65. The molecule has 1 aliphatic carbocycles. The van der Waals surface area contributed by atoms with Gasteiger partial charge < -0.3 is 0 Å². The van der Waals surface area contributed by atoms with Gasteiger partial charge >= 0.3 is 0 Å². The molecule has 0 heterocycles. The molecule has 0 heteroatoms. The van der Waals surface area contributed by atoms with E-state index in [9.17, 15) is 0 Å². The zero-order valence-electron chi connectivity index (χ0n) is 13.0. The van der Waals surface area contributed by atoms with E-state index in [2.05, 4.69) is 27.4 Å². The molecule has 0 nitrogen and oxygen atoms in total. The molecule has 106 valence electrons. The van der Waals surface area contributed by atoms with Crippen molar-refractivity contribution in [3.8, 4) is 0 Å². The van der Waals surface area contributed by atoms with Gasteiger partial charge in [-0.15, -0.1) is 0 Å². The molecular weight excluding hydrogens is 216 g/mol. The fourth-order valence-electron chi connectivity index (χ4n) is 3.23. The molecule has 1 fully saturated rings. The van der Waals surface area contributed by atoms with Gasteiger partial charge in [0, 0.05) is 0 Å². The highest BCUT2D eigenvalue weighted by Gasteiger charge is 2.16. The van der Waals surface area contributed by atoms with Crippen molar-refractivity contribution in [2.45, 2.75) is 85.0 Å². The normalized spacial score (nSPS) is 25.3. The summed E-state index contributed by atoms with van der Waals surface area (Å²) in [6.45, 7) is 11.5. The molecule has 1 aliphatic rings. The third kappa shape index (κ3) is 5.59. The van der Waals surface area contributed by atoms with Gasteiger partial charge in [0.15, 0.2) is 0 Å². The highest BCUT2D eigenvalue weighted by Crippen LogP contribution is 2.31. The standard InChI is InChI=1S/C18H34/c1-5-15(2)16(3)12-10-14-18-13-9-7-6-8-11-17(18)4/h15-16,18H,4-14H2,1-3H3. The molecule has 0 aromatic heterocycles. The first-order valence-corrected chi connectivity index (χ1v) is 8.32. The van der Waals surface area contributed by atoms with Crippen molar-refractivity contribution in [1.82, 2.24) is 0 Å². The largest absolute Gasteiger partial charge is 0.0996 e. The van der Waals surface area contributed by atoms with Gasteiger partial charge in [-0.3, -0.25) is 0 Å². The van der Waals surface area contributed by atoms with Gasteiger partial charge in [-0.05, 0) is 43.4 Å². The molecular formula is C18H34. The van der Waals surface area contributed by atoms with Crippen LogP contribution in [0.1, 0.15) is 85.0 Å². The van der Waals surface area contributed by atoms with Crippen molar-refractivity contribution in [2.75, 3.05) is 0 Å². The summed E-state index contributed by atoms with van der Waals surface area (Å²) in [5.74, 6) is 2.64. The van der Waals surface area contributed by atoms with Crippen molar-refractivity contribution in [1.29, 1.82) is 0 Å². The maximum atomic E-state index is 4.35. The predicted molar refractivity (Wildman–Crippen MR) is 82.8 cm³/mol. The fourth-order valence-corrected chi connectivity index (χ4v) is 3.23. The monoisotopic (exact) mass is 250 g/mol. The van der Waals surface area contributed by atoms with E-state index < -0.39 is 0 Å². The zero-order valence-corrected chi connectivity index (χ0v) is 13.0. The summed E-state index contributed by atoms with van der Waals surface area (Å²) in [6.07, 6.45) is 14.0. The summed E-state index contributed by atoms with van der Waals surface area (Å²) in [5.41, 5.74) is 1.56. The van der Waals surface area contributed by atoms with Crippen LogP contribution in [-0.4, -0.2) is 0 Å². The zero-order chi connectivity index (χ0) is 13.4. The van der Waals surface area contributed by atoms with E-state index >= 15 is 0 Å².